The number of pyridine rings is 1. The van der Waals surface area contributed by atoms with Crippen LogP contribution in [0.4, 0.5) is 5.82 Å². The van der Waals surface area contributed by atoms with E-state index < -0.39 is 15.6 Å². The lowest BCUT2D eigenvalue weighted by Crippen LogP contribution is -2.40. The summed E-state index contributed by atoms with van der Waals surface area (Å²) >= 11 is 0. The molecule has 146 valence electrons. The quantitative estimate of drug-likeness (QED) is 0.791. The van der Waals surface area contributed by atoms with Crippen molar-refractivity contribution in [2.45, 2.75) is 37.8 Å². The van der Waals surface area contributed by atoms with Crippen LogP contribution in [0.15, 0.2) is 47.5 Å². The lowest BCUT2D eigenvalue weighted by atomic mass is 10.1. The highest BCUT2D eigenvalue weighted by atomic mass is 32.2. The van der Waals surface area contributed by atoms with Crippen molar-refractivity contribution in [1.29, 1.82) is 0 Å². The SMILES string of the molecule is CN(C)Cc1ccnc(NC(=O)c2ccc(S(=O)(=O)NC(C)(C)C)cc2)c1. The molecule has 0 bridgehead atoms. The molecule has 1 aromatic carbocycles. The highest BCUT2D eigenvalue weighted by molar-refractivity contribution is 7.89. The molecule has 0 aliphatic carbocycles. The number of hydrogen-bond donors (Lipinski definition) is 2. The molecule has 2 N–H and O–H groups in total. The molecular formula is C19H26N4O3S. The average molecular weight is 391 g/mol. The second-order valence-electron chi connectivity index (χ2n) is 7.62. The first-order valence-corrected chi connectivity index (χ1v) is 10.00. The summed E-state index contributed by atoms with van der Waals surface area (Å²) in [4.78, 5) is 18.7. The van der Waals surface area contributed by atoms with E-state index in [-0.39, 0.29) is 10.8 Å². The number of nitrogens with zero attached hydrogens (tertiary/aromatic N) is 2. The van der Waals surface area contributed by atoms with Gasteiger partial charge in [-0.25, -0.2) is 18.1 Å². The van der Waals surface area contributed by atoms with Gasteiger partial charge in [-0.05, 0) is 76.8 Å². The van der Waals surface area contributed by atoms with Crippen LogP contribution in [-0.4, -0.2) is 43.8 Å². The van der Waals surface area contributed by atoms with Crippen molar-refractivity contribution in [3.63, 3.8) is 0 Å². The van der Waals surface area contributed by atoms with E-state index in [2.05, 4.69) is 15.0 Å². The number of hydrogen-bond acceptors (Lipinski definition) is 5. The summed E-state index contributed by atoms with van der Waals surface area (Å²) in [5, 5.41) is 2.73. The second kappa shape index (κ2) is 8.16. The number of aromatic nitrogens is 1. The fourth-order valence-corrected chi connectivity index (χ4v) is 3.86. The van der Waals surface area contributed by atoms with Crippen LogP contribution in [0, 0.1) is 0 Å². The van der Waals surface area contributed by atoms with Crippen molar-refractivity contribution in [2.75, 3.05) is 19.4 Å². The van der Waals surface area contributed by atoms with Gasteiger partial charge in [0.2, 0.25) is 10.0 Å². The van der Waals surface area contributed by atoms with Gasteiger partial charge in [-0.15, -0.1) is 0 Å². The maximum Gasteiger partial charge on any atom is 0.256 e. The molecule has 0 saturated heterocycles. The third-order valence-corrected chi connectivity index (χ3v) is 5.21. The minimum absolute atomic E-state index is 0.111. The lowest BCUT2D eigenvalue weighted by Gasteiger charge is -2.20. The Morgan fingerprint density at radius 2 is 1.74 bits per heavy atom. The normalized spacial score (nSPS) is 12.2. The molecule has 27 heavy (non-hydrogen) atoms. The van der Waals surface area contributed by atoms with Crippen LogP contribution in [0.25, 0.3) is 0 Å². The van der Waals surface area contributed by atoms with Gasteiger partial charge in [0.1, 0.15) is 5.82 Å². The standard InChI is InChI=1S/C19H26N4O3S/c1-19(2,3)22-27(25,26)16-8-6-15(7-9-16)18(24)21-17-12-14(10-11-20-17)13-23(4)5/h6-12,22H,13H2,1-5H3,(H,20,21,24). The van der Waals surface area contributed by atoms with Crippen molar-refractivity contribution >= 4 is 21.7 Å². The van der Waals surface area contributed by atoms with Crippen molar-refractivity contribution in [1.82, 2.24) is 14.6 Å². The molecule has 0 saturated carbocycles. The summed E-state index contributed by atoms with van der Waals surface area (Å²) in [7, 11) is 0.287. The molecule has 2 aromatic rings. The van der Waals surface area contributed by atoms with Gasteiger partial charge < -0.3 is 10.2 Å². The summed E-state index contributed by atoms with van der Waals surface area (Å²) in [6.07, 6.45) is 1.64. The summed E-state index contributed by atoms with van der Waals surface area (Å²) in [5.74, 6) is 0.0997. The Morgan fingerprint density at radius 3 is 2.30 bits per heavy atom. The maximum atomic E-state index is 12.4. The Labute approximate surface area is 160 Å². The van der Waals surface area contributed by atoms with Crippen LogP contribution in [-0.2, 0) is 16.6 Å². The summed E-state index contributed by atoms with van der Waals surface area (Å²) in [5.41, 5.74) is 0.794. The van der Waals surface area contributed by atoms with E-state index in [9.17, 15) is 13.2 Å². The van der Waals surface area contributed by atoms with Gasteiger partial charge in [0.05, 0.1) is 4.90 Å². The predicted molar refractivity (Wildman–Crippen MR) is 106 cm³/mol. The van der Waals surface area contributed by atoms with E-state index in [1.54, 1.807) is 27.0 Å². The molecule has 7 nitrogen and oxygen atoms in total. The number of benzene rings is 1. The molecule has 1 heterocycles. The first-order chi connectivity index (χ1) is 12.5. The van der Waals surface area contributed by atoms with Gasteiger partial charge in [-0.2, -0.15) is 0 Å². The first kappa shape index (κ1) is 21.0. The minimum Gasteiger partial charge on any atom is -0.307 e. The van der Waals surface area contributed by atoms with Gasteiger partial charge in [-0.1, -0.05) is 0 Å². The summed E-state index contributed by atoms with van der Waals surface area (Å²) < 4.78 is 27.2. The van der Waals surface area contributed by atoms with Gasteiger partial charge in [0, 0.05) is 23.8 Å². The van der Waals surface area contributed by atoms with E-state index in [4.69, 9.17) is 0 Å². The highest BCUT2D eigenvalue weighted by Crippen LogP contribution is 2.15. The van der Waals surface area contributed by atoms with Gasteiger partial charge in [0.15, 0.2) is 0 Å². The number of rotatable bonds is 6. The molecule has 0 aliphatic heterocycles. The molecule has 1 aromatic heterocycles. The molecule has 0 radical (unpaired) electrons. The smallest absolute Gasteiger partial charge is 0.256 e. The second-order valence-corrected chi connectivity index (χ2v) is 9.30. The maximum absolute atomic E-state index is 12.4. The van der Waals surface area contributed by atoms with Crippen LogP contribution in [0.3, 0.4) is 0 Å². The average Bonchev–Trinajstić information content (AvgIpc) is 2.52. The zero-order valence-electron chi connectivity index (χ0n) is 16.3. The van der Waals surface area contributed by atoms with Gasteiger partial charge in [0.25, 0.3) is 5.91 Å². The number of sulfonamides is 1. The van der Waals surface area contributed by atoms with Crippen LogP contribution in [0.1, 0.15) is 36.7 Å². The topological polar surface area (TPSA) is 91.4 Å². The van der Waals surface area contributed by atoms with Crippen molar-refractivity contribution in [2.24, 2.45) is 0 Å². The van der Waals surface area contributed by atoms with Crippen molar-refractivity contribution in [3.8, 4) is 0 Å². The summed E-state index contributed by atoms with van der Waals surface area (Å²) in [6, 6.07) is 9.49. The monoisotopic (exact) mass is 390 g/mol. The number of carbonyl (C=O) groups excluding carboxylic acids is 1. The largest absolute Gasteiger partial charge is 0.307 e. The molecule has 0 fully saturated rings. The fraction of sp³-hybridized carbons (Fsp3) is 0.368. The van der Waals surface area contributed by atoms with E-state index in [1.807, 2.05) is 31.1 Å². The molecule has 8 heteroatoms. The zero-order valence-corrected chi connectivity index (χ0v) is 17.1. The number of amides is 1. The van der Waals surface area contributed by atoms with Gasteiger partial charge >= 0.3 is 0 Å². The highest BCUT2D eigenvalue weighted by Gasteiger charge is 2.22. The third kappa shape index (κ3) is 6.42. The van der Waals surface area contributed by atoms with Crippen LogP contribution in [0.5, 0.6) is 0 Å². The summed E-state index contributed by atoms with van der Waals surface area (Å²) in [6.45, 7) is 6.04. The number of carbonyl (C=O) groups is 1. The third-order valence-electron chi connectivity index (χ3n) is 3.43. The molecule has 0 unspecified atom stereocenters. The minimum atomic E-state index is -3.64. The number of anilines is 1. The zero-order chi connectivity index (χ0) is 20.2. The Hall–Kier alpha value is -2.29. The van der Waals surface area contributed by atoms with Gasteiger partial charge in [-0.3, -0.25) is 4.79 Å². The van der Waals surface area contributed by atoms with Crippen LogP contribution < -0.4 is 10.0 Å². The molecule has 2 rings (SSSR count). The van der Waals surface area contributed by atoms with E-state index >= 15 is 0 Å². The molecule has 0 spiro atoms. The van der Waals surface area contributed by atoms with E-state index in [1.165, 1.54) is 24.3 Å². The predicted octanol–water partition coefficient (Wildman–Crippen LogP) is 2.47. The molecule has 1 amide bonds. The first-order valence-electron chi connectivity index (χ1n) is 8.51. The fourth-order valence-electron chi connectivity index (χ4n) is 2.44. The van der Waals surface area contributed by atoms with E-state index in [0.29, 0.717) is 11.4 Å². The Kier molecular flexibility index (Phi) is 6.35. The van der Waals surface area contributed by atoms with Crippen LogP contribution >= 0.6 is 0 Å². The molecule has 0 aliphatic rings. The Morgan fingerprint density at radius 1 is 1.11 bits per heavy atom. The van der Waals surface area contributed by atoms with Crippen molar-refractivity contribution < 1.29 is 13.2 Å². The van der Waals surface area contributed by atoms with Crippen molar-refractivity contribution in [3.05, 3.63) is 53.7 Å². The van der Waals surface area contributed by atoms with Crippen LogP contribution in [0.2, 0.25) is 0 Å². The Balaban J connectivity index is 2.12. The molecule has 0 atom stereocenters. The molecular weight excluding hydrogens is 364 g/mol. The number of nitrogens with one attached hydrogen (secondary N) is 2. The van der Waals surface area contributed by atoms with E-state index in [0.717, 1.165) is 12.1 Å². The Bertz CT molecular complexity index is 901. The lowest BCUT2D eigenvalue weighted by molar-refractivity contribution is 0.102.